The minimum Gasteiger partial charge on any atom is -0.416 e. The Labute approximate surface area is 178 Å². The molecular formula is C23H50O3Si2. The normalized spacial score (nSPS) is 24.0. The van der Waals surface area contributed by atoms with Crippen molar-refractivity contribution in [1.29, 1.82) is 0 Å². The third-order valence-electron chi connectivity index (χ3n) is 7.39. The lowest BCUT2D eigenvalue weighted by Gasteiger charge is -2.51. The van der Waals surface area contributed by atoms with E-state index >= 15 is 0 Å². The van der Waals surface area contributed by atoms with Crippen LogP contribution in [0.4, 0.5) is 0 Å². The number of hydrogen-bond acceptors (Lipinski definition) is 3. The Morgan fingerprint density at radius 2 is 1.32 bits per heavy atom. The molecule has 0 radical (unpaired) electrons. The average Bonchev–Trinajstić information content (AvgIpc) is 2.90. The predicted molar refractivity (Wildman–Crippen MR) is 127 cm³/mol. The van der Waals surface area contributed by atoms with Crippen molar-refractivity contribution in [2.45, 2.75) is 134 Å². The van der Waals surface area contributed by atoms with Gasteiger partial charge in [-0.3, -0.25) is 0 Å². The molecule has 0 saturated carbocycles. The molecule has 5 heteroatoms. The molecule has 0 aromatic heterocycles. The van der Waals surface area contributed by atoms with E-state index in [-0.39, 0.29) is 16.4 Å². The van der Waals surface area contributed by atoms with Gasteiger partial charge in [-0.15, -0.1) is 0 Å². The first-order valence-corrected chi connectivity index (χ1v) is 15.5. The summed E-state index contributed by atoms with van der Waals surface area (Å²) in [5, 5.41) is 0.317. The molecule has 1 aliphatic rings. The Balaban J connectivity index is 3.14. The molecule has 1 unspecified atom stereocenters. The molecule has 1 heterocycles. The lowest BCUT2D eigenvalue weighted by atomic mass is 10.2. The smallest absolute Gasteiger partial charge is 0.210 e. The van der Waals surface area contributed by atoms with Crippen molar-refractivity contribution in [2.75, 3.05) is 13.7 Å². The van der Waals surface area contributed by atoms with Crippen LogP contribution in [0.3, 0.4) is 0 Å². The molecule has 0 aromatic carbocycles. The Bertz CT molecular complexity index is 453. The van der Waals surface area contributed by atoms with E-state index < -0.39 is 16.6 Å². The van der Waals surface area contributed by atoms with Crippen LogP contribution in [0.15, 0.2) is 0 Å². The van der Waals surface area contributed by atoms with Gasteiger partial charge >= 0.3 is 0 Å². The lowest BCUT2D eigenvalue weighted by molar-refractivity contribution is -0.0499. The van der Waals surface area contributed by atoms with Crippen molar-refractivity contribution < 1.29 is 13.6 Å². The van der Waals surface area contributed by atoms with Crippen LogP contribution in [-0.4, -0.2) is 36.6 Å². The van der Waals surface area contributed by atoms with E-state index in [2.05, 4.69) is 83.1 Å². The number of rotatable bonds is 8. The van der Waals surface area contributed by atoms with Crippen LogP contribution in [0.25, 0.3) is 0 Å². The van der Waals surface area contributed by atoms with Crippen molar-refractivity contribution in [3.63, 3.8) is 0 Å². The maximum atomic E-state index is 6.93. The minimum absolute atomic E-state index is 0.0579. The molecule has 1 aliphatic heterocycles. The van der Waals surface area contributed by atoms with Crippen molar-refractivity contribution in [3.8, 4) is 0 Å². The summed E-state index contributed by atoms with van der Waals surface area (Å²) < 4.78 is 19.5. The maximum absolute atomic E-state index is 6.93. The van der Waals surface area contributed by atoms with Crippen LogP contribution >= 0.6 is 0 Å². The Morgan fingerprint density at radius 1 is 0.893 bits per heavy atom. The molecular weight excluding hydrogens is 380 g/mol. The van der Waals surface area contributed by atoms with Crippen LogP contribution < -0.4 is 0 Å². The summed E-state index contributed by atoms with van der Waals surface area (Å²) in [5.41, 5.74) is 2.46. The van der Waals surface area contributed by atoms with Gasteiger partial charge in [-0.25, -0.2) is 0 Å². The van der Waals surface area contributed by atoms with Gasteiger partial charge in [0.05, 0.1) is 0 Å². The predicted octanol–water partition coefficient (Wildman–Crippen LogP) is 7.88. The standard InChI is InChI=1S/C23H50O3Si2/c1-17(2)27(18(3)4,19(5)6)25-15-14-20-16-21(24-13)26-28(20,22(7,8)9)23(10,11)12/h17-21H,14-16H2,1-13H3/t20-,21?/m1/s1. The molecule has 0 spiro atoms. The van der Waals surface area contributed by atoms with Crippen molar-refractivity contribution in [1.82, 2.24) is 0 Å². The molecule has 0 aliphatic carbocycles. The summed E-state index contributed by atoms with van der Waals surface area (Å²) in [7, 11) is -2.14. The summed E-state index contributed by atoms with van der Waals surface area (Å²) in [6.07, 6.45) is 2.05. The molecule has 2 atom stereocenters. The molecule has 0 N–H and O–H groups in total. The summed E-state index contributed by atoms with van der Waals surface area (Å²) in [4.78, 5) is 0. The Kier molecular flexibility index (Phi) is 8.67. The second kappa shape index (κ2) is 9.21. The summed E-state index contributed by atoms with van der Waals surface area (Å²) in [5.74, 6) is 0. The zero-order valence-electron chi connectivity index (χ0n) is 21.2. The molecule has 1 rings (SSSR count). The Morgan fingerprint density at radius 3 is 1.64 bits per heavy atom. The van der Waals surface area contributed by atoms with Crippen molar-refractivity contribution in [2.24, 2.45) is 0 Å². The van der Waals surface area contributed by atoms with Crippen LogP contribution in [0, 0.1) is 0 Å². The number of ether oxygens (including phenoxy) is 1. The van der Waals surface area contributed by atoms with Crippen LogP contribution in [0.5, 0.6) is 0 Å². The zero-order valence-corrected chi connectivity index (χ0v) is 23.2. The fourth-order valence-corrected chi connectivity index (χ4v) is 19.5. The maximum Gasteiger partial charge on any atom is 0.210 e. The van der Waals surface area contributed by atoms with Gasteiger partial charge in [-0.05, 0) is 38.7 Å². The average molecular weight is 431 g/mol. The highest BCUT2D eigenvalue weighted by Gasteiger charge is 2.64. The summed E-state index contributed by atoms with van der Waals surface area (Å²) in [6, 6.07) is 0. The lowest BCUT2D eigenvalue weighted by Crippen LogP contribution is -2.55. The summed E-state index contributed by atoms with van der Waals surface area (Å²) in [6.45, 7) is 29.4. The highest BCUT2D eigenvalue weighted by atomic mass is 28.4. The molecule has 0 bridgehead atoms. The first-order valence-electron chi connectivity index (χ1n) is 11.4. The largest absolute Gasteiger partial charge is 0.416 e. The highest BCUT2D eigenvalue weighted by Crippen LogP contribution is 2.63. The van der Waals surface area contributed by atoms with Gasteiger partial charge in [0.1, 0.15) is 6.29 Å². The quantitative estimate of drug-likeness (QED) is 0.366. The number of hydrogen-bond donors (Lipinski definition) is 0. The molecule has 0 aromatic rings. The molecule has 3 nitrogen and oxygen atoms in total. The fraction of sp³-hybridized carbons (Fsp3) is 1.00. The van der Waals surface area contributed by atoms with Gasteiger partial charge in [-0.2, -0.15) is 0 Å². The zero-order chi connectivity index (χ0) is 22.1. The van der Waals surface area contributed by atoms with Crippen LogP contribution in [0.2, 0.25) is 32.2 Å². The fourth-order valence-electron chi connectivity index (χ4n) is 6.80. The SMILES string of the molecule is COC1C[C@@H](CCO[Si](C(C)C)(C(C)C)C(C)C)[Si](C(C)(C)C)(C(C)(C)C)O1. The van der Waals surface area contributed by atoms with E-state index in [0.29, 0.717) is 22.2 Å². The van der Waals surface area contributed by atoms with Crippen molar-refractivity contribution >= 4 is 16.6 Å². The van der Waals surface area contributed by atoms with E-state index in [4.69, 9.17) is 13.6 Å². The van der Waals surface area contributed by atoms with E-state index in [1.54, 1.807) is 7.11 Å². The van der Waals surface area contributed by atoms with E-state index in [9.17, 15) is 0 Å². The third kappa shape index (κ3) is 4.64. The third-order valence-corrected chi connectivity index (χ3v) is 20.3. The van der Waals surface area contributed by atoms with E-state index in [1.807, 2.05) is 0 Å². The van der Waals surface area contributed by atoms with E-state index in [0.717, 1.165) is 19.4 Å². The molecule has 168 valence electrons. The first kappa shape index (κ1) is 26.3. The van der Waals surface area contributed by atoms with Gasteiger partial charge in [0.2, 0.25) is 8.32 Å². The van der Waals surface area contributed by atoms with E-state index in [1.165, 1.54) is 0 Å². The molecule has 28 heavy (non-hydrogen) atoms. The number of methoxy groups -OCH3 is 1. The Hall–Kier alpha value is 0.314. The van der Waals surface area contributed by atoms with Crippen LogP contribution in [0.1, 0.15) is 95.9 Å². The molecule has 1 fully saturated rings. The van der Waals surface area contributed by atoms with Crippen LogP contribution in [-0.2, 0) is 13.6 Å². The van der Waals surface area contributed by atoms with Gasteiger partial charge < -0.3 is 13.6 Å². The van der Waals surface area contributed by atoms with Gasteiger partial charge in [-0.1, -0.05) is 83.1 Å². The van der Waals surface area contributed by atoms with Gasteiger partial charge in [0.25, 0.3) is 0 Å². The molecule has 0 amide bonds. The van der Waals surface area contributed by atoms with Crippen molar-refractivity contribution in [3.05, 3.63) is 0 Å². The molecule has 1 saturated heterocycles. The highest BCUT2D eigenvalue weighted by molar-refractivity contribution is 6.81. The first-order chi connectivity index (χ1) is 12.6. The monoisotopic (exact) mass is 430 g/mol. The minimum atomic E-state index is -2.12. The second-order valence-corrected chi connectivity index (χ2v) is 22.9. The summed E-state index contributed by atoms with van der Waals surface area (Å²) >= 11 is 0. The van der Waals surface area contributed by atoms with Gasteiger partial charge in [0, 0.05) is 20.1 Å². The second-order valence-electron chi connectivity index (χ2n) is 11.9. The van der Waals surface area contributed by atoms with Gasteiger partial charge in [0.15, 0.2) is 8.32 Å². The topological polar surface area (TPSA) is 27.7 Å².